The van der Waals surface area contributed by atoms with Gasteiger partial charge in [0.1, 0.15) is 0 Å². The molecular weight excluding hydrogens is 220 g/mol. The molecule has 0 amide bonds. The zero-order valence-electron chi connectivity index (χ0n) is 12.4. The maximum Gasteiger partial charge on any atom is 0.0274 e. The number of nitrogens with zero attached hydrogens (tertiary/aromatic N) is 1. The normalized spacial score (nSPS) is 44.0. The number of hydrogen-bond acceptors (Lipinski definition) is 2. The summed E-state index contributed by atoms with van der Waals surface area (Å²) < 4.78 is 0. The molecule has 4 aliphatic rings. The SMILES string of the molecule is CC(C)N(C)C(CN)C12CC3CC(CC(C3)C1)C2. The second-order valence-electron chi connectivity index (χ2n) is 7.79. The van der Waals surface area contributed by atoms with Crippen LogP contribution in [-0.2, 0) is 0 Å². The lowest BCUT2D eigenvalue weighted by atomic mass is 9.47. The quantitative estimate of drug-likeness (QED) is 0.831. The zero-order valence-corrected chi connectivity index (χ0v) is 12.4. The monoisotopic (exact) mass is 250 g/mol. The third-order valence-corrected chi connectivity index (χ3v) is 6.32. The number of likely N-dealkylation sites (N-methyl/N-ethyl adjacent to an activating group) is 1. The Hall–Kier alpha value is -0.0800. The van der Waals surface area contributed by atoms with Crippen molar-refractivity contribution < 1.29 is 0 Å². The molecule has 0 aromatic rings. The second-order valence-corrected chi connectivity index (χ2v) is 7.79. The smallest absolute Gasteiger partial charge is 0.0274 e. The fraction of sp³-hybridized carbons (Fsp3) is 1.00. The van der Waals surface area contributed by atoms with Crippen LogP contribution in [0.25, 0.3) is 0 Å². The van der Waals surface area contributed by atoms with Gasteiger partial charge in [-0.1, -0.05) is 0 Å². The molecule has 0 aliphatic heterocycles. The van der Waals surface area contributed by atoms with E-state index in [9.17, 15) is 0 Å². The van der Waals surface area contributed by atoms with Gasteiger partial charge < -0.3 is 5.73 Å². The van der Waals surface area contributed by atoms with E-state index in [1.54, 1.807) is 0 Å². The van der Waals surface area contributed by atoms with E-state index in [4.69, 9.17) is 5.73 Å². The fourth-order valence-electron chi connectivity index (χ4n) is 5.79. The van der Waals surface area contributed by atoms with Gasteiger partial charge in [-0.05, 0) is 82.6 Å². The molecule has 0 radical (unpaired) electrons. The lowest BCUT2D eigenvalue weighted by Gasteiger charge is -2.61. The summed E-state index contributed by atoms with van der Waals surface area (Å²) in [6, 6.07) is 1.23. The predicted molar refractivity (Wildman–Crippen MR) is 76.3 cm³/mol. The van der Waals surface area contributed by atoms with Gasteiger partial charge in [0.2, 0.25) is 0 Å². The van der Waals surface area contributed by atoms with Crippen molar-refractivity contribution in [1.29, 1.82) is 0 Å². The lowest BCUT2D eigenvalue weighted by molar-refractivity contribution is -0.0991. The first-order chi connectivity index (χ1) is 8.54. The number of nitrogens with two attached hydrogens (primary N) is 1. The Morgan fingerprint density at radius 3 is 1.83 bits per heavy atom. The van der Waals surface area contributed by atoms with Crippen molar-refractivity contribution in [2.24, 2.45) is 28.9 Å². The highest BCUT2D eigenvalue weighted by atomic mass is 15.2. The summed E-state index contributed by atoms with van der Waals surface area (Å²) in [6.45, 7) is 5.47. The summed E-state index contributed by atoms with van der Waals surface area (Å²) >= 11 is 0. The Kier molecular flexibility index (Phi) is 3.22. The highest BCUT2D eigenvalue weighted by Gasteiger charge is 2.54. The first-order valence-corrected chi connectivity index (χ1v) is 7.96. The first-order valence-electron chi connectivity index (χ1n) is 7.96. The molecule has 0 aromatic heterocycles. The number of rotatable bonds is 4. The van der Waals surface area contributed by atoms with E-state index in [1.807, 2.05) is 0 Å². The van der Waals surface area contributed by atoms with Gasteiger partial charge >= 0.3 is 0 Å². The van der Waals surface area contributed by atoms with Crippen LogP contribution in [0, 0.1) is 23.2 Å². The zero-order chi connectivity index (χ0) is 12.9. The summed E-state index contributed by atoms with van der Waals surface area (Å²) in [4.78, 5) is 2.56. The van der Waals surface area contributed by atoms with Crippen LogP contribution in [-0.4, -0.2) is 30.6 Å². The molecule has 0 aromatic carbocycles. The highest BCUT2D eigenvalue weighted by molar-refractivity contribution is 5.06. The number of hydrogen-bond donors (Lipinski definition) is 1. The van der Waals surface area contributed by atoms with E-state index in [0.29, 0.717) is 17.5 Å². The van der Waals surface area contributed by atoms with Crippen LogP contribution in [0.15, 0.2) is 0 Å². The molecule has 1 atom stereocenters. The topological polar surface area (TPSA) is 29.3 Å². The Balaban J connectivity index is 1.85. The van der Waals surface area contributed by atoms with E-state index >= 15 is 0 Å². The molecule has 4 bridgehead atoms. The molecule has 2 heteroatoms. The molecule has 104 valence electrons. The molecule has 4 aliphatic carbocycles. The van der Waals surface area contributed by atoms with Gasteiger partial charge in [0, 0.05) is 18.6 Å². The minimum absolute atomic E-state index is 0.572. The van der Waals surface area contributed by atoms with E-state index < -0.39 is 0 Å². The largest absolute Gasteiger partial charge is 0.329 e. The Labute approximate surface area is 112 Å². The van der Waals surface area contributed by atoms with Crippen LogP contribution < -0.4 is 5.73 Å². The summed E-state index contributed by atoms with van der Waals surface area (Å²) in [5.41, 5.74) is 6.76. The van der Waals surface area contributed by atoms with E-state index in [0.717, 1.165) is 24.3 Å². The summed E-state index contributed by atoms with van der Waals surface area (Å²) in [5, 5.41) is 0. The van der Waals surface area contributed by atoms with Crippen molar-refractivity contribution in [2.45, 2.75) is 64.5 Å². The van der Waals surface area contributed by atoms with Crippen molar-refractivity contribution in [3.05, 3.63) is 0 Å². The summed E-state index contributed by atoms with van der Waals surface area (Å²) in [6.07, 6.45) is 9.00. The maximum atomic E-state index is 6.19. The van der Waals surface area contributed by atoms with Crippen LogP contribution in [0.5, 0.6) is 0 Å². The lowest BCUT2D eigenvalue weighted by Crippen LogP contribution is -2.59. The molecule has 4 rings (SSSR count). The molecule has 2 N–H and O–H groups in total. The molecule has 1 unspecified atom stereocenters. The van der Waals surface area contributed by atoms with Gasteiger partial charge in [0.15, 0.2) is 0 Å². The molecule has 0 spiro atoms. The van der Waals surface area contributed by atoms with Gasteiger partial charge in [-0.3, -0.25) is 4.90 Å². The van der Waals surface area contributed by atoms with Gasteiger partial charge in [0.25, 0.3) is 0 Å². The van der Waals surface area contributed by atoms with Crippen molar-refractivity contribution in [3.8, 4) is 0 Å². The molecule has 4 fully saturated rings. The van der Waals surface area contributed by atoms with Gasteiger partial charge in [0.05, 0.1) is 0 Å². The molecule has 4 saturated carbocycles. The highest BCUT2D eigenvalue weighted by Crippen LogP contribution is 2.61. The van der Waals surface area contributed by atoms with Crippen LogP contribution in [0.1, 0.15) is 52.4 Å². The average Bonchev–Trinajstić information content (AvgIpc) is 2.27. The fourth-order valence-corrected chi connectivity index (χ4v) is 5.79. The summed E-state index contributed by atoms with van der Waals surface area (Å²) in [5.74, 6) is 3.10. The van der Waals surface area contributed by atoms with Gasteiger partial charge in [-0.15, -0.1) is 0 Å². The summed E-state index contributed by atoms with van der Waals surface area (Å²) in [7, 11) is 2.29. The average molecular weight is 250 g/mol. The second kappa shape index (κ2) is 4.49. The Morgan fingerprint density at radius 1 is 1.06 bits per heavy atom. The molecule has 0 heterocycles. The molecule has 0 saturated heterocycles. The van der Waals surface area contributed by atoms with E-state index in [-0.39, 0.29) is 0 Å². The Bertz CT molecular complexity index is 275. The minimum Gasteiger partial charge on any atom is -0.329 e. The van der Waals surface area contributed by atoms with Gasteiger partial charge in [-0.25, -0.2) is 0 Å². The van der Waals surface area contributed by atoms with E-state index in [1.165, 1.54) is 38.5 Å². The maximum absolute atomic E-state index is 6.19. The third-order valence-electron chi connectivity index (χ3n) is 6.32. The standard InChI is InChI=1S/C16H30N2/c1-11(2)18(3)15(10-17)16-7-12-4-13(8-16)6-14(5-12)9-16/h11-15H,4-10,17H2,1-3H3. The van der Waals surface area contributed by atoms with Crippen molar-refractivity contribution >= 4 is 0 Å². The van der Waals surface area contributed by atoms with Crippen LogP contribution in [0.3, 0.4) is 0 Å². The van der Waals surface area contributed by atoms with Crippen molar-refractivity contribution in [1.82, 2.24) is 4.90 Å². The van der Waals surface area contributed by atoms with Crippen LogP contribution in [0.2, 0.25) is 0 Å². The molecular formula is C16H30N2. The first kappa shape index (κ1) is 12.9. The molecule has 2 nitrogen and oxygen atoms in total. The van der Waals surface area contributed by atoms with Crippen molar-refractivity contribution in [3.63, 3.8) is 0 Å². The predicted octanol–water partition coefficient (Wildman–Crippen LogP) is 2.87. The van der Waals surface area contributed by atoms with Crippen LogP contribution >= 0.6 is 0 Å². The van der Waals surface area contributed by atoms with Crippen LogP contribution in [0.4, 0.5) is 0 Å². The van der Waals surface area contributed by atoms with Gasteiger partial charge in [-0.2, -0.15) is 0 Å². The van der Waals surface area contributed by atoms with E-state index in [2.05, 4.69) is 25.8 Å². The molecule has 18 heavy (non-hydrogen) atoms. The third kappa shape index (κ3) is 1.92. The van der Waals surface area contributed by atoms with Crippen molar-refractivity contribution in [2.75, 3.05) is 13.6 Å². The Morgan fingerprint density at radius 2 is 1.50 bits per heavy atom. The minimum atomic E-state index is 0.572.